The lowest BCUT2D eigenvalue weighted by molar-refractivity contribution is -0.194. The van der Waals surface area contributed by atoms with Gasteiger partial charge in [0, 0.05) is 31.5 Å². The second-order valence-corrected chi connectivity index (χ2v) is 10.4. The lowest BCUT2D eigenvalue weighted by Crippen LogP contribution is -2.33. The van der Waals surface area contributed by atoms with Gasteiger partial charge in [-0.15, -0.1) is 0 Å². The van der Waals surface area contributed by atoms with Crippen molar-refractivity contribution >= 4 is 5.97 Å². The Hall–Kier alpha value is -0.950. The van der Waals surface area contributed by atoms with Gasteiger partial charge >= 0.3 is 5.97 Å². The topological polar surface area (TPSA) is 63.2 Å². The van der Waals surface area contributed by atoms with Gasteiger partial charge in [-0.05, 0) is 57.3 Å². The van der Waals surface area contributed by atoms with Crippen molar-refractivity contribution in [2.24, 2.45) is 17.8 Å². The number of hydrogen-bond acceptors (Lipinski definition) is 6. The fourth-order valence-electron chi connectivity index (χ4n) is 6.33. The Morgan fingerprint density at radius 2 is 1.59 bits per heavy atom. The highest BCUT2D eigenvalue weighted by molar-refractivity contribution is 5.72. The van der Waals surface area contributed by atoms with Gasteiger partial charge in [-0.25, -0.2) is 0 Å². The lowest BCUT2D eigenvalue weighted by atomic mass is 9.84. The predicted molar refractivity (Wildman–Crippen MR) is 119 cm³/mol. The van der Waals surface area contributed by atoms with Gasteiger partial charge in [-0.2, -0.15) is 0 Å². The van der Waals surface area contributed by atoms with Gasteiger partial charge in [0.2, 0.25) is 0 Å². The van der Waals surface area contributed by atoms with Crippen molar-refractivity contribution in [3.63, 3.8) is 0 Å². The molecule has 0 spiro atoms. The van der Waals surface area contributed by atoms with Crippen LogP contribution in [0.15, 0.2) is 12.2 Å². The minimum atomic E-state index is -0.125. The van der Waals surface area contributed by atoms with Crippen LogP contribution in [-0.4, -0.2) is 50.1 Å². The van der Waals surface area contributed by atoms with Crippen LogP contribution in [0.2, 0.25) is 0 Å². The Morgan fingerprint density at radius 3 is 2.31 bits per heavy atom. The number of ether oxygens (including phenoxy) is 5. The van der Waals surface area contributed by atoms with Crippen LogP contribution >= 0.6 is 0 Å². The summed E-state index contributed by atoms with van der Waals surface area (Å²) in [5.41, 5.74) is 0. The van der Waals surface area contributed by atoms with Crippen molar-refractivity contribution < 1.29 is 28.5 Å². The highest BCUT2D eigenvalue weighted by Gasteiger charge is 2.50. The molecular formula is C26H40O6. The monoisotopic (exact) mass is 448 g/mol. The lowest BCUT2D eigenvalue weighted by Gasteiger charge is -2.33. The minimum Gasteiger partial charge on any atom is -0.462 e. The van der Waals surface area contributed by atoms with E-state index in [1.807, 2.05) is 0 Å². The van der Waals surface area contributed by atoms with Crippen molar-refractivity contribution in [3.8, 4) is 0 Å². The summed E-state index contributed by atoms with van der Waals surface area (Å²) < 4.78 is 30.4. The summed E-state index contributed by atoms with van der Waals surface area (Å²) in [6, 6.07) is 0. The molecular weight excluding hydrogens is 408 g/mol. The number of fused-ring (bicyclic) bond motifs is 1. The molecule has 5 fully saturated rings. The summed E-state index contributed by atoms with van der Waals surface area (Å²) >= 11 is 0. The van der Waals surface area contributed by atoms with Crippen molar-refractivity contribution in [2.45, 2.75) is 114 Å². The first-order valence-corrected chi connectivity index (χ1v) is 13.2. The molecule has 0 N–H and O–H groups in total. The molecule has 6 nitrogen and oxygen atoms in total. The quantitative estimate of drug-likeness (QED) is 0.408. The zero-order valence-corrected chi connectivity index (χ0v) is 19.3. The van der Waals surface area contributed by atoms with Gasteiger partial charge in [0.1, 0.15) is 6.10 Å². The van der Waals surface area contributed by atoms with E-state index in [1.54, 1.807) is 0 Å². The van der Waals surface area contributed by atoms with E-state index in [0.717, 1.165) is 51.7 Å². The Kier molecular flexibility index (Phi) is 7.83. The fourth-order valence-corrected chi connectivity index (χ4v) is 6.33. The van der Waals surface area contributed by atoms with Crippen molar-refractivity contribution in [3.05, 3.63) is 12.2 Å². The Balaban J connectivity index is 1.29. The van der Waals surface area contributed by atoms with Crippen LogP contribution in [-0.2, 0) is 28.5 Å². The molecule has 6 heteroatoms. The summed E-state index contributed by atoms with van der Waals surface area (Å²) in [4.78, 5) is 12.0. The molecule has 2 aliphatic carbocycles. The third-order valence-corrected chi connectivity index (χ3v) is 8.10. The standard InChI is InChI=1S/C26H40O6/c27-24-16-20-19(22(17-23(20)30-24)32-26-11-5-7-15-29-26)12-13-21(18-8-2-1-3-9-18)31-25-10-4-6-14-28-25/h12-13,18-23,25-26H,1-11,14-17H2/b13-12+/t19-,20-,21-,22-,23+,25?,26?/m1/s1. The van der Waals surface area contributed by atoms with Gasteiger partial charge in [0.25, 0.3) is 0 Å². The molecule has 0 bridgehead atoms. The number of esters is 1. The summed E-state index contributed by atoms with van der Waals surface area (Å²) in [6.45, 7) is 1.58. The highest BCUT2D eigenvalue weighted by atomic mass is 16.7. The first kappa shape index (κ1) is 22.8. The summed E-state index contributed by atoms with van der Waals surface area (Å²) in [5, 5.41) is 0. The van der Waals surface area contributed by atoms with E-state index in [0.29, 0.717) is 12.3 Å². The van der Waals surface area contributed by atoms with Crippen LogP contribution in [0.4, 0.5) is 0 Å². The zero-order chi connectivity index (χ0) is 21.8. The van der Waals surface area contributed by atoms with Gasteiger partial charge in [-0.3, -0.25) is 4.79 Å². The average molecular weight is 449 g/mol. The van der Waals surface area contributed by atoms with Gasteiger partial charge in [0.05, 0.1) is 18.6 Å². The van der Waals surface area contributed by atoms with Crippen molar-refractivity contribution in [1.29, 1.82) is 0 Å². The molecule has 7 atom stereocenters. The van der Waals surface area contributed by atoms with Gasteiger partial charge in [-0.1, -0.05) is 31.4 Å². The number of carbonyl (C=O) groups excluding carboxylic acids is 1. The van der Waals surface area contributed by atoms with Crippen LogP contribution in [0.1, 0.15) is 83.5 Å². The number of rotatable bonds is 7. The fraction of sp³-hybridized carbons (Fsp3) is 0.885. The Morgan fingerprint density at radius 1 is 0.875 bits per heavy atom. The van der Waals surface area contributed by atoms with E-state index in [1.165, 1.54) is 38.5 Å². The molecule has 0 aromatic rings. The van der Waals surface area contributed by atoms with Crippen LogP contribution in [0, 0.1) is 17.8 Å². The Labute approximate surface area is 192 Å². The van der Waals surface area contributed by atoms with Crippen LogP contribution in [0.3, 0.4) is 0 Å². The molecule has 3 saturated heterocycles. The first-order chi connectivity index (χ1) is 15.8. The van der Waals surface area contributed by atoms with Gasteiger partial charge in [0.15, 0.2) is 12.6 Å². The molecule has 5 rings (SSSR count). The third kappa shape index (κ3) is 5.57. The maximum atomic E-state index is 12.0. The maximum Gasteiger partial charge on any atom is 0.306 e. The third-order valence-electron chi connectivity index (χ3n) is 8.10. The molecule has 3 aliphatic heterocycles. The van der Waals surface area contributed by atoms with E-state index >= 15 is 0 Å². The molecule has 0 aromatic heterocycles. The van der Waals surface area contributed by atoms with Crippen molar-refractivity contribution in [1.82, 2.24) is 0 Å². The molecule has 0 amide bonds. The highest BCUT2D eigenvalue weighted by Crippen LogP contribution is 2.44. The van der Waals surface area contributed by atoms with Crippen LogP contribution < -0.4 is 0 Å². The first-order valence-electron chi connectivity index (χ1n) is 13.2. The molecule has 0 radical (unpaired) electrons. The number of hydrogen-bond donors (Lipinski definition) is 0. The summed E-state index contributed by atoms with van der Waals surface area (Å²) in [7, 11) is 0. The molecule has 2 unspecified atom stereocenters. The van der Waals surface area contributed by atoms with Crippen LogP contribution in [0.5, 0.6) is 0 Å². The molecule has 2 saturated carbocycles. The predicted octanol–water partition coefficient (Wildman–Crippen LogP) is 4.90. The average Bonchev–Trinajstić information content (AvgIpc) is 3.34. The second kappa shape index (κ2) is 11.0. The van der Waals surface area contributed by atoms with E-state index in [9.17, 15) is 4.79 Å². The molecule has 3 heterocycles. The maximum absolute atomic E-state index is 12.0. The second-order valence-electron chi connectivity index (χ2n) is 10.4. The Bertz CT molecular complexity index is 632. The van der Waals surface area contributed by atoms with Gasteiger partial charge < -0.3 is 23.7 Å². The van der Waals surface area contributed by atoms with Crippen molar-refractivity contribution in [2.75, 3.05) is 13.2 Å². The zero-order valence-electron chi connectivity index (χ0n) is 19.3. The molecule has 0 aromatic carbocycles. The molecule has 180 valence electrons. The van der Waals surface area contributed by atoms with Crippen LogP contribution in [0.25, 0.3) is 0 Å². The molecule has 32 heavy (non-hydrogen) atoms. The van der Waals surface area contributed by atoms with E-state index < -0.39 is 0 Å². The minimum absolute atomic E-state index is 0.0264. The van der Waals surface area contributed by atoms with E-state index in [4.69, 9.17) is 23.7 Å². The smallest absolute Gasteiger partial charge is 0.306 e. The largest absolute Gasteiger partial charge is 0.462 e. The normalized spacial score (nSPS) is 39.8. The van der Waals surface area contributed by atoms with E-state index in [-0.39, 0.29) is 48.7 Å². The van der Waals surface area contributed by atoms with E-state index in [2.05, 4.69) is 12.2 Å². The number of carbonyl (C=O) groups is 1. The SMILES string of the molecule is O=C1C[C@@H]2[C@@H](/C=C/[C@@H](OC3CCCCO3)C3CCCCC3)[C@H](OC3CCCCO3)C[C@@H]2O1. The summed E-state index contributed by atoms with van der Waals surface area (Å²) in [6.07, 6.45) is 18.5. The molecule has 5 aliphatic rings. The summed E-state index contributed by atoms with van der Waals surface area (Å²) in [5.74, 6) is 0.843.